The Hall–Kier alpha value is -0.800. The van der Waals surface area contributed by atoms with E-state index in [4.69, 9.17) is 5.26 Å². The molecule has 0 heterocycles. The first kappa shape index (κ1) is 13.3. The summed E-state index contributed by atoms with van der Waals surface area (Å²) in [6.07, 6.45) is -4.46. The summed E-state index contributed by atoms with van der Waals surface area (Å²) in [5.41, 5.74) is -0.497. The smallest absolute Gasteiger partial charge is 0.192 e. The fourth-order valence-electron chi connectivity index (χ4n) is 1.09. The lowest BCUT2D eigenvalue weighted by Crippen LogP contribution is -2.11. The van der Waals surface area contributed by atoms with Crippen molar-refractivity contribution in [2.24, 2.45) is 0 Å². The molecule has 0 saturated heterocycles. The van der Waals surface area contributed by atoms with E-state index in [2.05, 4.69) is 31.9 Å². The molecule has 0 aromatic heterocycles. The molecule has 84 valence electrons. The van der Waals surface area contributed by atoms with Crippen LogP contribution in [0.1, 0.15) is 11.1 Å². The van der Waals surface area contributed by atoms with Crippen molar-refractivity contribution in [1.29, 1.82) is 5.26 Å². The molecule has 1 aromatic carbocycles. The van der Waals surface area contributed by atoms with Gasteiger partial charge in [-0.2, -0.15) is 18.4 Å². The summed E-state index contributed by atoms with van der Waals surface area (Å²) in [5.74, 6) is 0. The lowest BCUT2D eigenvalue weighted by Gasteiger charge is -2.12. The molecular formula is C10H4Br2F3N. The minimum Gasteiger partial charge on any atom is -0.192 e. The summed E-state index contributed by atoms with van der Waals surface area (Å²) >= 11 is 5.52. The molecule has 1 rings (SSSR count). The Bertz CT molecular complexity index is 450. The van der Waals surface area contributed by atoms with Crippen LogP contribution in [0.4, 0.5) is 13.2 Å². The maximum atomic E-state index is 12.7. The van der Waals surface area contributed by atoms with E-state index < -0.39 is 11.7 Å². The van der Waals surface area contributed by atoms with Gasteiger partial charge in [-0.25, -0.2) is 0 Å². The van der Waals surface area contributed by atoms with Crippen molar-refractivity contribution in [1.82, 2.24) is 0 Å². The molecule has 0 spiro atoms. The van der Waals surface area contributed by atoms with E-state index in [9.17, 15) is 13.2 Å². The van der Waals surface area contributed by atoms with E-state index in [-0.39, 0.29) is 8.96 Å². The van der Waals surface area contributed by atoms with Crippen molar-refractivity contribution in [2.45, 2.75) is 6.18 Å². The molecule has 1 aromatic rings. The summed E-state index contributed by atoms with van der Waals surface area (Å²) in [6, 6.07) is 7.02. The number of nitrogens with zero attached hydrogens (tertiary/aromatic N) is 1. The SMILES string of the molecule is N#Cc1ccc(C(=C(Br)Br)C(F)(F)F)cc1. The van der Waals surface area contributed by atoms with Crippen LogP contribution in [0.5, 0.6) is 0 Å². The highest BCUT2D eigenvalue weighted by molar-refractivity contribution is 9.28. The molecule has 0 radical (unpaired) electrons. The molecule has 0 aliphatic rings. The van der Waals surface area contributed by atoms with Gasteiger partial charge in [0, 0.05) is 0 Å². The van der Waals surface area contributed by atoms with Crippen LogP contribution in [0.15, 0.2) is 27.7 Å². The second-order valence-electron chi connectivity index (χ2n) is 2.82. The van der Waals surface area contributed by atoms with Crippen molar-refractivity contribution >= 4 is 37.4 Å². The summed E-state index contributed by atoms with van der Waals surface area (Å²) in [4.78, 5) is 0. The number of rotatable bonds is 1. The quantitative estimate of drug-likeness (QED) is 0.724. The predicted octanol–water partition coefficient (Wildman–Crippen LogP) is 4.58. The van der Waals surface area contributed by atoms with Crippen LogP contribution >= 0.6 is 31.9 Å². The van der Waals surface area contributed by atoms with Crippen LogP contribution < -0.4 is 0 Å². The van der Waals surface area contributed by atoms with Crippen molar-refractivity contribution in [3.05, 3.63) is 38.8 Å². The third kappa shape index (κ3) is 3.09. The number of benzene rings is 1. The zero-order valence-corrected chi connectivity index (χ0v) is 10.8. The Balaban J connectivity index is 3.26. The first-order chi connectivity index (χ1) is 7.36. The summed E-state index contributed by atoms with van der Waals surface area (Å²) in [5, 5.41) is 8.53. The predicted molar refractivity (Wildman–Crippen MR) is 62.0 cm³/mol. The van der Waals surface area contributed by atoms with Gasteiger partial charge in [0.1, 0.15) is 0 Å². The second kappa shape index (κ2) is 5.02. The van der Waals surface area contributed by atoms with Gasteiger partial charge in [-0.15, -0.1) is 0 Å². The minimum absolute atomic E-state index is 0.00440. The van der Waals surface area contributed by atoms with Crippen molar-refractivity contribution in [3.63, 3.8) is 0 Å². The Morgan fingerprint density at radius 2 is 1.62 bits per heavy atom. The number of alkyl halides is 3. The molecule has 0 aliphatic heterocycles. The highest BCUT2D eigenvalue weighted by Gasteiger charge is 2.36. The average molecular weight is 355 g/mol. The van der Waals surface area contributed by atoms with Gasteiger partial charge in [0.2, 0.25) is 0 Å². The van der Waals surface area contributed by atoms with Crippen LogP contribution in [0.2, 0.25) is 0 Å². The molecule has 0 saturated carbocycles. The van der Waals surface area contributed by atoms with Crippen LogP contribution in [-0.4, -0.2) is 6.18 Å². The van der Waals surface area contributed by atoms with Gasteiger partial charge in [-0.1, -0.05) is 12.1 Å². The summed E-state index contributed by atoms with van der Waals surface area (Å²) in [6.45, 7) is 0. The Morgan fingerprint density at radius 3 is 1.94 bits per heavy atom. The number of hydrogen-bond acceptors (Lipinski definition) is 1. The van der Waals surface area contributed by atoms with Crippen LogP contribution in [0.3, 0.4) is 0 Å². The molecular weight excluding hydrogens is 351 g/mol. The number of halogens is 5. The molecule has 0 bridgehead atoms. The Morgan fingerprint density at radius 1 is 1.12 bits per heavy atom. The molecule has 1 nitrogen and oxygen atoms in total. The topological polar surface area (TPSA) is 23.8 Å². The van der Waals surface area contributed by atoms with E-state index in [0.717, 1.165) is 0 Å². The van der Waals surface area contributed by atoms with Gasteiger partial charge in [-0.05, 0) is 49.6 Å². The second-order valence-corrected chi connectivity index (χ2v) is 5.47. The monoisotopic (exact) mass is 353 g/mol. The summed E-state index contributed by atoms with van der Waals surface area (Å²) in [7, 11) is 0. The molecule has 0 N–H and O–H groups in total. The third-order valence-electron chi connectivity index (χ3n) is 1.78. The van der Waals surface area contributed by atoms with E-state index in [1.165, 1.54) is 24.3 Å². The van der Waals surface area contributed by atoms with E-state index in [1.807, 2.05) is 6.07 Å². The number of allylic oxidation sites excluding steroid dienone is 1. The maximum absolute atomic E-state index is 12.7. The molecule has 0 aliphatic carbocycles. The highest BCUT2D eigenvalue weighted by Crippen LogP contribution is 2.40. The number of nitriles is 1. The van der Waals surface area contributed by atoms with Crippen LogP contribution in [0, 0.1) is 11.3 Å². The van der Waals surface area contributed by atoms with E-state index in [0.29, 0.717) is 5.56 Å². The average Bonchev–Trinajstić information content (AvgIpc) is 2.16. The van der Waals surface area contributed by atoms with Gasteiger partial charge in [0.15, 0.2) is 0 Å². The first-order valence-electron chi connectivity index (χ1n) is 3.99. The molecule has 0 unspecified atom stereocenters. The van der Waals surface area contributed by atoms with Gasteiger partial charge in [0.05, 0.1) is 20.6 Å². The van der Waals surface area contributed by atoms with Gasteiger partial charge < -0.3 is 0 Å². The zero-order valence-electron chi connectivity index (χ0n) is 7.65. The van der Waals surface area contributed by atoms with E-state index in [1.54, 1.807) is 0 Å². The lowest BCUT2D eigenvalue weighted by molar-refractivity contribution is -0.0688. The van der Waals surface area contributed by atoms with Crippen molar-refractivity contribution in [2.75, 3.05) is 0 Å². The maximum Gasteiger partial charge on any atom is 0.418 e. The van der Waals surface area contributed by atoms with Gasteiger partial charge in [0.25, 0.3) is 0 Å². The van der Waals surface area contributed by atoms with Gasteiger partial charge in [-0.3, -0.25) is 0 Å². The first-order valence-corrected chi connectivity index (χ1v) is 5.58. The third-order valence-corrected chi connectivity index (χ3v) is 2.57. The molecule has 0 atom stereocenters. The lowest BCUT2D eigenvalue weighted by atomic mass is 10.1. The normalized spacial score (nSPS) is 10.8. The van der Waals surface area contributed by atoms with Crippen molar-refractivity contribution in [3.8, 4) is 6.07 Å². The van der Waals surface area contributed by atoms with Crippen molar-refractivity contribution < 1.29 is 13.2 Å². The highest BCUT2D eigenvalue weighted by atomic mass is 79.9. The molecule has 0 fully saturated rings. The number of hydrogen-bond donors (Lipinski definition) is 0. The van der Waals surface area contributed by atoms with Gasteiger partial charge >= 0.3 is 6.18 Å². The molecule has 16 heavy (non-hydrogen) atoms. The van der Waals surface area contributed by atoms with Crippen LogP contribution in [-0.2, 0) is 0 Å². The fraction of sp³-hybridized carbons (Fsp3) is 0.100. The largest absolute Gasteiger partial charge is 0.418 e. The standard InChI is InChI=1S/C10H4Br2F3N/c11-9(12)8(10(13,14)15)7-3-1-6(5-16)2-4-7/h1-4H. The van der Waals surface area contributed by atoms with Crippen LogP contribution in [0.25, 0.3) is 5.57 Å². The zero-order chi connectivity index (χ0) is 12.3. The Kier molecular flexibility index (Phi) is 4.16. The molecule has 6 heteroatoms. The minimum atomic E-state index is -4.46. The molecule has 0 amide bonds. The summed E-state index contributed by atoms with van der Waals surface area (Å²) < 4.78 is 37.8. The van der Waals surface area contributed by atoms with E-state index >= 15 is 0 Å². The fourth-order valence-corrected chi connectivity index (χ4v) is 2.00. The Labute approximate surface area is 107 Å².